The van der Waals surface area contributed by atoms with Crippen LogP contribution in [0.5, 0.6) is 11.5 Å². The Morgan fingerprint density at radius 1 is 0.767 bits per heavy atom. The molecule has 2 aliphatic heterocycles. The van der Waals surface area contributed by atoms with E-state index in [9.17, 15) is 4.79 Å². The lowest BCUT2D eigenvalue weighted by Crippen LogP contribution is -2.48. The molecule has 4 aromatic carbocycles. The van der Waals surface area contributed by atoms with Crippen LogP contribution >= 0.6 is 0 Å². The molecule has 6 nitrogen and oxygen atoms in total. The number of ether oxygens (including phenoxy) is 1. The van der Waals surface area contributed by atoms with Gasteiger partial charge in [0.25, 0.3) is 5.91 Å². The molecule has 0 fully saturated rings. The largest absolute Gasteiger partial charge is 0.456 e. The van der Waals surface area contributed by atoms with Crippen LogP contribution < -0.4 is 24.8 Å². The van der Waals surface area contributed by atoms with Gasteiger partial charge in [-0.25, -0.2) is 0 Å². The lowest BCUT2D eigenvalue weighted by molar-refractivity contribution is 0.0986. The highest BCUT2D eigenvalue weighted by molar-refractivity contribution is 6.15. The van der Waals surface area contributed by atoms with E-state index in [1.807, 2.05) is 47.4 Å². The number of fused-ring (bicyclic) bond motifs is 6. The minimum Gasteiger partial charge on any atom is -0.456 e. The normalized spacial score (nSPS) is 13.9. The number of terminal acetylenes is 1. The molecule has 4 aromatic rings. The van der Waals surface area contributed by atoms with E-state index in [0.717, 1.165) is 77.1 Å². The summed E-state index contributed by atoms with van der Waals surface area (Å²) >= 11 is 0. The summed E-state index contributed by atoms with van der Waals surface area (Å²) in [6.45, 7) is 12.5. The molecule has 0 atom stereocenters. The Morgan fingerprint density at radius 3 is 1.91 bits per heavy atom. The van der Waals surface area contributed by atoms with Crippen molar-refractivity contribution in [2.45, 2.75) is 33.2 Å². The molecule has 6 rings (SSSR count). The van der Waals surface area contributed by atoms with E-state index < -0.39 is 5.54 Å². The summed E-state index contributed by atoms with van der Waals surface area (Å²) in [4.78, 5) is 21.2. The van der Waals surface area contributed by atoms with Gasteiger partial charge in [-0.15, -0.1) is 6.42 Å². The Bertz CT molecular complexity index is 1650. The van der Waals surface area contributed by atoms with Gasteiger partial charge in [-0.2, -0.15) is 0 Å². The first-order chi connectivity index (χ1) is 21.0. The number of anilines is 4. The Kier molecular flexibility index (Phi) is 7.50. The van der Waals surface area contributed by atoms with Crippen molar-refractivity contribution in [3.05, 3.63) is 107 Å². The summed E-state index contributed by atoms with van der Waals surface area (Å²) in [7, 11) is 0. The van der Waals surface area contributed by atoms with Crippen molar-refractivity contribution >= 4 is 28.7 Å². The molecule has 0 unspecified atom stereocenters. The van der Waals surface area contributed by atoms with Gasteiger partial charge in [0.05, 0.1) is 17.9 Å². The third kappa shape index (κ3) is 4.30. The lowest BCUT2D eigenvalue weighted by Gasteiger charge is -2.45. The van der Waals surface area contributed by atoms with E-state index in [1.54, 1.807) is 0 Å². The van der Waals surface area contributed by atoms with E-state index in [1.165, 1.54) is 0 Å². The molecule has 0 saturated carbocycles. The minimum atomic E-state index is -0.964. The number of nitrogens with one attached hydrogen (secondary N) is 1. The van der Waals surface area contributed by atoms with Crippen LogP contribution in [0.25, 0.3) is 0 Å². The van der Waals surface area contributed by atoms with E-state index in [4.69, 9.17) is 11.2 Å². The van der Waals surface area contributed by atoms with Crippen LogP contribution in [0.1, 0.15) is 54.7 Å². The number of rotatable bonds is 9. The second-order valence-electron chi connectivity index (χ2n) is 10.8. The molecule has 218 valence electrons. The van der Waals surface area contributed by atoms with Crippen molar-refractivity contribution < 1.29 is 9.53 Å². The fraction of sp³-hybridized carbons (Fsp3) is 0.270. The zero-order valence-corrected chi connectivity index (χ0v) is 25.4. The van der Waals surface area contributed by atoms with Crippen LogP contribution in [0.15, 0.2) is 84.9 Å². The molecule has 2 heterocycles. The average molecular weight is 571 g/mol. The maximum atomic E-state index is 14.7. The first-order valence-electron chi connectivity index (χ1n) is 15.2. The fourth-order valence-corrected chi connectivity index (χ4v) is 6.79. The second kappa shape index (κ2) is 11.4. The third-order valence-electron chi connectivity index (χ3n) is 8.80. The average Bonchev–Trinajstić information content (AvgIpc) is 3.29. The summed E-state index contributed by atoms with van der Waals surface area (Å²) in [6.07, 6.45) is 5.64. The molecule has 0 bridgehead atoms. The predicted octanol–water partition coefficient (Wildman–Crippen LogP) is 7.48. The topological polar surface area (TPSA) is 48.1 Å². The smallest absolute Gasteiger partial charge is 0.260 e. The molecule has 0 radical (unpaired) electrons. The molecular weight excluding hydrogens is 532 g/mol. The quantitative estimate of drug-likeness (QED) is 0.211. The van der Waals surface area contributed by atoms with Crippen molar-refractivity contribution in [1.29, 1.82) is 0 Å². The molecule has 6 heteroatoms. The van der Waals surface area contributed by atoms with E-state index in [-0.39, 0.29) is 5.91 Å². The van der Waals surface area contributed by atoms with Crippen LogP contribution in [-0.4, -0.2) is 38.6 Å². The van der Waals surface area contributed by atoms with Crippen LogP contribution in [0.4, 0.5) is 22.7 Å². The van der Waals surface area contributed by atoms with Crippen molar-refractivity contribution in [3.8, 4) is 23.8 Å². The van der Waals surface area contributed by atoms with Gasteiger partial charge in [-0.05, 0) is 58.0 Å². The second-order valence-corrected chi connectivity index (χ2v) is 10.8. The highest BCUT2D eigenvalue weighted by Gasteiger charge is 2.57. The molecular formula is C37H38N4O2. The van der Waals surface area contributed by atoms with Crippen LogP contribution in [-0.2, 0) is 5.54 Å². The predicted molar refractivity (Wildman–Crippen MR) is 177 cm³/mol. The monoisotopic (exact) mass is 570 g/mol. The molecule has 1 spiro atoms. The highest BCUT2D eigenvalue weighted by atomic mass is 16.5. The number of para-hydroxylation sites is 2. The van der Waals surface area contributed by atoms with Gasteiger partial charge in [0.1, 0.15) is 17.0 Å². The number of nitrogens with zero attached hydrogens (tertiary/aromatic N) is 3. The number of amides is 1. The van der Waals surface area contributed by atoms with Gasteiger partial charge in [-0.1, -0.05) is 48.4 Å². The van der Waals surface area contributed by atoms with E-state index >= 15 is 0 Å². The number of carbonyl (C=O) groups excluding carboxylic acids is 1. The van der Waals surface area contributed by atoms with Crippen molar-refractivity contribution in [1.82, 2.24) is 0 Å². The van der Waals surface area contributed by atoms with E-state index in [2.05, 4.69) is 91.2 Å². The zero-order valence-electron chi connectivity index (χ0n) is 25.4. The van der Waals surface area contributed by atoms with Gasteiger partial charge in [-0.3, -0.25) is 9.69 Å². The molecule has 2 aliphatic rings. The molecule has 0 aliphatic carbocycles. The Balaban J connectivity index is 1.70. The van der Waals surface area contributed by atoms with Crippen LogP contribution in [0.3, 0.4) is 0 Å². The summed E-state index contributed by atoms with van der Waals surface area (Å²) in [5.74, 6) is 4.11. The summed E-state index contributed by atoms with van der Waals surface area (Å²) in [6, 6.07) is 28.7. The van der Waals surface area contributed by atoms with Gasteiger partial charge in [0, 0.05) is 71.9 Å². The summed E-state index contributed by atoms with van der Waals surface area (Å²) in [5.41, 5.74) is 6.23. The number of hydrogen-bond acceptors (Lipinski definition) is 5. The molecule has 1 amide bonds. The zero-order chi connectivity index (χ0) is 30.1. The Labute approximate surface area is 254 Å². The summed E-state index contributed by atoms with van der Waals surface area (Å²) < 4.78 is 6.82. The van der Waals surface area contributed by atoms with E-state index in [0.29, 0.717) is 12.1 Å². The summed E-state index contributed by atoms with van der Waals surface area (Å²) in [5, 5.41) is 3.36. The van der Waals surface area contributed by atoms with Gasteiger partial charge < -0.3 is 19.9 Å². The fourth-order valence-electron chi connectivity index (χ4n) is 6.79. The number of hydrogen-bond donors (Lipinski definition) is 1. The molecule has 43 heavy (non-hydrogen) atoms. The number of carbonyl (C=O) groups is 1. The SMILES string of the molecule is C#CCNc1ccccc1N1C(=O)c2ccccc2C12c1ccc(N(CC)CC)cc1Oc1cc(N(CC)CC)ccc12. The standard InChI is InChI=1S/C37H38N4O2/c1-6-23-38-32-17-13-14-18-33(32)41-36(42)28-15-11-12-16-29(28)37(41)30-21-19-26(39(7-2)8-3)24-34(30)43-35-25-27(20-22-31(35)37)40(9-4)10-5/h1,11-22,24-25,38H,7-10,23H2,2-5H3. The van der Waals surface area contributed by atoms with Gasteiger partial charge in [0.15, 0.2) is 0 Å². The molecule has 1 N–H and O–H groups in total. The Hall–Kier alpha value is -4.89. The third-order valence-corrected chi connectivity index (χ3v) is 8.80. The maximum absolute atomic E-state index is 14.7. The molecule has 0 saturated heterocycles. The van der Waals surface area contributed by atoms with Crippen LogP contribution in [0, 0.1) is 12.3 Å². The van der Waals surface area contributed by atoms with Crippen molar-refractivity contribution in [2.24, 2.45) is 0 Å². The first-order valence-corrected chi connectivity index (χ1v) is 15.2. The van der Waals surface area contributed by atoms with Crippen molar-refractivity contribution in [3.63, 3.8) is 0 Å². The van der Waals surface area contributed by atoms with Crippen molar-refractivity contribution in [2.75, 3.05) is 52.7 Å². The first kappa shape index (κ1) is 28.2. The minimum absolute atomic E-state index is 0.0648. The lowest BCUT2D eigenvalue weighted by atomic mass is 9.74. The highest BCUT2D eigenvalue weighted by Crippen LogP contribution is 2.60. The Morgan fingerprint density at radius 2 is 1.33 bits per heavy atom. The van der Waals surface area contributed by atoms with Gasteiger partial charge in [0.2, 0.25) is 0 Å². The maximum Gasteiger partial charge on any atom is 0.260 e. The number of benzene rings is 4. The van der Waals surface area contributed by atoms with Crippen LogP contribution in [0.2, 0.25) is 0 Å². The molecule has 0 aromatic heterocycles. The van der Waals surface area contributed by atoms with Gasteiger partial charge >= 0.3 is 0 Å².